The molecule has 3 N–H and O–H groups in total. The van der Waals surface area contributed by atoms with E-state index in [-0.39, 0.29) is 24.2 Å². The largest absolute Gasteiger partial charge is 0.480 e. The molecule has 1 unspecified atom stereocenters. The summed E-state index contributed by atoms with van der Waals surface area (Å²) in [5.41, 5.74) is 0. The van der Waals surface area contributed by atoms with Crippen molar-refractivity contribution < 1.29 is 19.8 Å². The van der Waals surface area contributed by atoms with Gasteiger partial charge in [-0.1, -0.05) is 6.42 Å². The Balaban J connectivity index is 2.43. The Morgan fingerprint density at radius 1 is 1.44 bits per heavy atom. The van der Waals surface area contributed by atoms with Gasteiger partial charge in [0.15, 0.2) is 0 Å². The molecule has 0 bridgehead atoms. The predicted molar refractivity (Wildman–Crippen MR) is 61.4 cm³/mol. The van der Waals surface area contributed by atoms with Crippen LogP contribution in [0.3, 0.4) is 0 Å². The van der Waals surface area contributed by atoms with Crippen molar-refractivity contribution in [3.63, 3.8) is 0 Å². The van der Waals surface area contributed by atoms with E-state index < -0.39 is 12.0 Å². The second kappa shape index (κ2) is 6.75. The lowest BCUT2D eigenvalue weighted by atomic mass is 10.1. The van der Waals surface area contributed by atoms with Crippen LogP contribution in [0.5, 0.6) is 0 Å². The minimum Gasteiger partial charge on any atom is -0.480 e. The second-order valence-corrected chi connectivity index (χ2v) is 5.08. The van der Waals surface area contributed by atoms with E-state index in [2.05, 4.69) is 5.32 Å². The predicted octanol–water partition coefficient (Wildman–Crippen LogP) is 0.224. The Kier molecular flexibility index (Phi) is 5.62. The molecule has 0 saturated carbocycles. The van der Waals surface area contributed by atoms with Gasteiger partial charge in [-0.25, -0.2) is 4.79 Å². The van der Waals surface area contributed by atoms with Crippen molar-refractivity contribution in [1.82, 2.24) is 5.32 Å². The number of carboxylic acids is 1. The fourth-order valence-corrected chi connectivity index (χ4v) is 2.81. The first kappa shape index (κ1) is 13.3. The van der Waals surface area contributed by atoms with Gasteiger partial charge in [0.2, 0.25) is 5.91 Å². The highest BCUT2D eigenvalue weighted by Gasteiger charge is 2.26. The molecule has 0 aliphatic carbocycles. The third kappa shape index (κ3) is 4.02. The fourth-order valence-electron chi connectivity index (χ4n) is 1.60. The van der Waals surface area contributed by atoms with E-state index in [1.165, 1.54) is 0 Å². The number of carboxylic acid groups (broad SMARTS) is 1. The zero-order chi connectivity index (χ0) is 12.0. The summed E-state index contributed by atoms with van der Waals surface area (Å²) >= 11 is 1.58. The van der Waals surface area contributed by atoms with Crippen LogP contribution in [-0.2, 0) is 9.59 Å². The molecule has 1 aliphatic rings. The van der Waals surface area contributed by atoms with Crippen LogP contribution in [0.15, 0.2) is 0 Å². The number of carbonyl (C=O) groups excluding carboxylic acids is 1. The minimum atomic E-state index is -1.09. The Hall–Kier alpha value is -0.750. The number of carbonyl (C=O) groups is 2. The molecule has 0 aromatic heterocycles. The summed E-state index contributed by atoms with van der Waals surface area (Å²) < 4.78 is 0. The molecule has 1 aliphatic heterocycles. The molecule has 16 heavy (non-hydrogen) atoms. The van der Waals surface area contributed by atoms with Crippen LogP contribution in [-0.4, -0.2) is 45.7 Å². The van der Waals surface area contributed by atoms with Crippen molar-refractivity contribution in [2.24, 2.45) is 0 Å². The minimum absolute atomic E-state index is 0.0540. The van der Waals surface area contributed by atoms with Gasteiger partial charge in [-0.3, -0.25) is 4.79 Å². The summed E-state index contributed by atoms with van der Waals surface area (Å²) in [6.45, 7) is -0.241. The molecule has 1 saturated heterocycles. The van der Waals surface area contributed by atoms with Crippen molar-refractivity contribution in [2.45, 2.75) is 37.0 Å². The molecular weight excluding hydrogens is 230 g/mol. The van der Waals surface area contributed by atoms with E-state index in [1.54, 1.807) is 11.8 Å². The molecule has 0 aromatic carbocycles. The first-order chi connectivity index (χ1) is 7.65. The molecule has 2 atom stereocenters. The topological polar surface area (TPSA) is 86.6 Å². The van der Waals surface area contributed by atoms with Gasteiger partial charge in [0.25, 0.3) is 0 Å². The van der Waals surface area contributed by atoms with Crippen molar-refractivity contribution in [3.05, 3.63) is 0 Å². The van der Waals surface area contributed by atoms with Gasteiger partial charge in [0.1, 0.15) is 6.04 Å². The van der Waals surface area contributed by atoms with Crippen LogP contribution < -0.4 is 5.32 Å². The number of thioether (sulfide) groups is 1. The average molecular weight is 247 g/mol. The Morgan fingerprint density at radius 2 is 2.19 bits per heavy atom. The van der Waals surface area contributed by atoms with E-state index in [4.69, 9.17) is 10.2 Å². The number of rotatable bonds is 5. The third-order valence-electron chi connectivity index (χ3n) is 2.50. The molecule has 0 spiro atoms. The number of aliphatic hydroxyl groups is 1. The summed E-state index contributed by atoms with van der Waals surface area (Å²) in [5.74, 6) is -0.357. The number of aliphatic hydroxyl groups excluding tert-OH is 1. The van der Waals surface area contributed by atoms with Crippen LogP contribution in [0, 0.1) is 0 Å². The van der Waals surface area contributed by atoms with Gasteiger partial charge in [-0.15, -0.1) is 11.8 Å². The third-order valence-corrected chi connectivity index (χ3v) is 3.88. The summed E-state index contributed by atoms with van der Waals surface area (Å²) in [7, 11) is 0. The molecule has 1 rings (SSSR count). The summed E-state index contributed by atoms with van der Waals surface area (Å²) in [5, 5.41) is 19.8. The van der Waals surface area contributed by atoms with E-state index in [1.807, 2.05) is 0 Å². The van der Waals surface area contributed by atoms with Gasteiger partial charge in [0.05, 0.1) is 5.25 Å². The van der Waals surface area contributed by atoms with E-state index in [9.17, 15) is 9.59 Å². The van der Waals surface area contributed by atoms with Gasteiger partial charge >= 0.3 is 5.97 Å². The Morgan fingerprint density at radius 3 is 2.69 bits per heavy atom. The lowest BCUT2D eigenvalue weighted by Crippen LogP contribution is -2.45. The average Bonchev–Trinajstić information content (AvgIpc) is 2.29. The zero-order valence-corrected chi connectivity index (χ0v) is 9.83. The molecule has 5 nitrogen and oxygen atoms in total. The highest BCUT2D eigenvalue weighted by atomic mass is 32.2. The number of nitrogens with one attached hydrogen (secondary N) is 1. The highest BCUT2D eigenvalue weighted by molar-refractivity contribution is 8.00. The molecule has 0 aromatic rings. The lowest BCUT2D eigenvalue weighted by molar-refractivity contribution is -0.142. The van der Waals surface area contributed by atoms with Gasteiger partial charge in [0, 0.05) is 13.0 Å². The first-order valence-corrected chi connectivity index (χ1v) is 6.45. The normalized spacial score (nSPS) is 22.4. The first-order valence-electron chi connectivity index (χ1n) is 5.40. The molecule has 0 radical (unpaired) electrons. The molecule has 1 heterocycles. The van der Waals surface area contributed by atoms with Gasteiger partial charge in [-0.05, 0) is 18.6 Å². The molecule has 1 fully saturated rings. The number of amides is 1. The van der Waals surface area contributed by atoms with E-state index in [0.717, 1.165) is 25.0 Å². The summed E-state index contributed by atoms with van der Waals surface area (Å²) in [4.78, 5) is 22.5. The van der Waals surface area contributed by atoms with Crippen LogP contribution in [0.1, 0.15) is 25.7 Å². The second-order valence-electron chi connectivity index (χ2n) is 3.77. The number of hydrogen-bond donors (Lipinski definition) is 3. The molecular formula is C10H17NO4S. The maximum atomic E-state index is 11.7. The van der Waals surface area contributed by atoms with E-state index in [0.29, 0.717) is 0 Å². The lowest BCUT2D eigenvalue weighted by Gasteiger charge is -2.22. The SMILES string of the molecule is O=C(N[C@H](CCO)C(=O)O)C1CCCCS1. The van der Waals surface area contributed by atoms with Gasteiger partial charge in [-0.2, -0.15) is 0 Å². The molecule has 92 valence electrons. The van der Waals surface area contributed by atoms with Crippen LogP contribution in [0.2, 0.25) is 0 Å². The standard InChI is InChI=1S/C10H17NO4S/c12-5-4-7(10(14)15)11-9(13)8-3-1-2-6-16-8/h7-8,12H,1-6H2,(H,11,13)(H,14,15)/t7-,8?/m1/s1. The summed E-state index contributed by atoms with van der Waals surface area (Å²) in [6.07, 6.45) is 3.00. The number of aliphatic carboxylic acids is 1. The fraction of sp³-hybridized carbons (Fsp3) is 0.800. The zero-order valence-electron chi connectivity index (χ0n) is 9.02. The van der Waals surface area contributed by atoms with Crippen molar-refractivity contribution in [2.75, 3.05) is 12.4 Å². The van der Waals surface area contributed by atoms with Crippen LogP contribution in [0.25, 0.3) is 0 Å². The maximum Gasteiger partial charge on any atom is 0.326 e. The van der Waals surface area contributed by atoms with Crippen molar-refractivity contribution in [3.8, 4) is 0 Å². The van der Waals surface area contributed by atoms with E-state index >= 15 is 0 Å². The maximum absolute atomic E-state index is 11.7. The van der Waals surface area contributed by atoms with Crippen molar-refractivity contribution in [1.29, 1.82) is 0 Å². The van der Waals surface area contributed by atoms with Crippen molar-refractivity contribution >= 4 is 23.6 Å². The monoisotopic (exact) mass is 247 g/mol. The Bertz CT molecular complexity index is 253. The van der Waals surface area contributed by atoms with Gasteiger partial charge < -0.3 is 15.5 Å². The van der Waals surface area contributed by atoms with Crippen LogP contribution >= 0.6 is 11.8 Å². The molecule has 6 heteroatoms. The molecule has 1 amide bonds. The highest BCUT2D eigenvalue weighted by Crippen LogP contribution is 2.25. The number of hydrogen-bond acceptors (Lipinski definition) is 4. The van der Waals surface area contributed by atoms with Crippen LogP contribution in [0.4, 0.5) is 0 Å². The Labute approximate surface area is 98.6 Å². The smallest absolute Gasteiger partial charge is 0.326 e. The summed E-state index contributed by atoms with van der Waals surface area (Å²) in [6, 6.07) is -0.972. The quantitative estimate of drug-likeness (QED) is 0.647.